The lowest BCUT2D eigenvalue weighted by Gasteiger charge is -2.13. The molecule has 1 heterocycles. The van der Waals surface area contributed by atoms with Crippen molar-refractivity contribution in [2.45, 2.75) is 0 Å². The van der Waals surface area contributed by atoms with Gasteiger partial charge in [0.1, 0.15) is 29.5 Å². The fraction of sp³-hybridized carbons (Fsp3) is 0.167. The Balaban J connectivity index is 2.36. The monoisotopic (exact) mass is 280 g/mol. The first-order valence-electron chi connectivity index (χ1n) is 5.40. The van der Waals surface area contributed by atoms with Gasteiger partial charge in [0.2, 0.25) is 0 Å². The molecule has 2 rings (SSSR count). The number of benzene rings is 1. The average Bonchev–Trinajstić information content (AvgIpc) is 2.39. The van der Waals surface area contributed by atoms with Crippen molar-refractivity contribution in [1.82, 2.24) is 9.97 Å². The number of hydrogen-bond acceptors (Lipinski definition) is 6. The van der Waals surface area contributed by atoms with Crippen LogP contribution in [-0.2, 0) is 0 Å². The van der Waals surface area contributed by atoms with Crippen LogP contribution in [0.5, 0.6) is 11.5 Å². The normalized spacial score (nSPS) is 10.1. The minimum Gasteiger partial charge on any atom is -0.495 e. The predicted molar refractivity (Wildman–Crippen MR) is 74.3 cm³/mol. The quantitative estimate of drug-likeness (QED) is 0.895. The molecule has 0 spiro atoms. The van der Waals surface area contributed by atoms with E-state index < -0.39 is 0 Å². The second-order valence-corrected chi connectivity index (χ2v) is 4.05. The molecule has 0 unspecified atom stereocenters. The van der Waals surface area contributed by atoms with Gasteiger partial charge in [0.05, 0.1) is 24.9 Å². The lowest BCUT2D eigenvalue weighted by Crippen LogP contribution is -2.00. The summed E-state index contributed by atoms with van der Waals surface area (Å²) in [4.78, 5) is 7.87. The summed E-state index contributed by atoms with van der Waals surface area (Å²) in [6.07, 6.45) is 1.37. The van der Waals surface area contributed by atoms with Crippen LogP contribution in [0.25, 0.3) is 0 Å². The summed E-state index contributed by atoms with van der Waals surface area (Å²) in [6.45, 7) is 0. The highest BCUT2D eigenvalue weighted by Gasteiger charge is 2.10. The molecule has 7 heteroatoms. The van der Waals surface area contributed by atoms with Gasteiger partial charge in [0.25, 0.3) is 0 Å². The Morgan fingerprint density at radius 1 is 1.11 bits per heavy atom. The Labute approximate surface area is 115 Å². The van der Waals surface area contributed by atoms with E-state index in [0.717, 1.165) is 0 Å². The lowest BCUT2D eigenvalue weighted by atomic mass is 10.2. The first kappa shape index (κ1) is 13.2. The van der Waals surface area contributed by atoms with E-state index in [1.54, 1.807) is 32.4 Å². The topological polar surface area (TPSA) is 82.3 Å². The third kappa shape index (κ3) is 2.97. The highest BCUT2D eigenvalue weighted by molar-refractivity contribution is 6.32. The van der Waals surface area contributed by atoms with Crippen molar-refractivity contribution in [2.75, 3.05) is 25.3 Å². The maximum Gasteiger partial charge on any atom is 0.146 e. The minimum atomic E-state index is 0.371. The molecule has 0 atom stereocenters. The van der Waals surface area contributed by atoms with Gasteiger partial charge in [-0.05, 0) is 6.07 Å². The van der Waals surface area contributed by atoms with Gasteiger partial charge in [-0.2, -0.15) is 0 Å². The average molecular weight is 281 g/mol. The van der Waals surface area contributed by atoms with Gasteiger partial charge in [-0.25, -0.2) is 9.97 Å². The van der Waals surface area contributed by atoms with Gasteiger partial charge in [0, 0.05) is 12.1 Å². The van der Waals surface area contributed by atoms with Gasteiger partial charge >= 0.3 is 0 Å². The number of rotatable bonds is 4. The van der Waals surface area contributed by atoms with E-state index in [-0.39, 0.29) is 0 Å². The summed E-state index contributed by atoms with van der Waals surface area (Å²) in [6, 6.07) is 4.99. The fourth-order valence-electron chi connectivity index (χ4n) is 1.54. The lowest BCUT2D eigenvalue weighted by molar-refractivity contribution is 0.396. The number of nitrogens with one attached hydrogen (secondary N) is 1. The second kappa shape index (κ2) is 5.62. The predicted octanol–water partition coefficient (Wildman–Crippen LogP) is 2.47. The van der Waals surface area contributed by atoms with Gasteiger partial charge in [0.15, 0.2) is 0 Å². The van der Waals surface area contributed by atoms with Crippen molar-refractivity contribution in [2.24, 2.45) is 0 Å². The zero-order valence-electron chi connectivity index (χ0n) is 10.5. The van der Waals surface area contributed by atoms with Crippen LogP contribution in [0.4, 0.5) is 17.3 Å². The first-order chi connectivity index (χ1) is 9.13. The van der Waals surface area contributed by atoms with E-state index in [9.17, 15) is 0 Å². The van der Waals surface area contributed by atoms with Gasteiger partial charge in [-0.1, -0.05) is 11.6 Å². The summed E-state index contributed by atoms with van der Waals surface area (Å²) in [5, 5.41) is 3.53. The molecule has 0 aliphatic carbocycles. The van der Waals surface area contributed by atoms with Crippen LogP contribution in [0, 0.1) is 0 Å². The number of nitrogens with zero attached hydrogens (tertiary/aromatic N) is 2. The van der Waals surface area contributed by atoms with Crippen molar-refractivity contribution >= 4 is 28.9 Å². The molecular formula is C12H13ClN4O2. The molecule has 100 valence electrons. The fourth-order valence-corrected chi connectivity index (χ4v) is 1.78. The second-order valence-electron chi connectivity index (χ2n) is 3.64. The highest BCUT2D eigenvalue weighted by Crippen LogP contribution is 2.37. The van der Waals surface area contributed by atoms with E-state index in [0.29, 0.717) is 33.8 Å². The van der Waals surface area contributed by atoms with Crippen LogP contribution < -0.4 is 20.5 Å². The smallest absolute Gasteiger partial charge is 0.146 e. The molecule has 2 aromatic rings. The number of nitrogen functional groups attached to an aromatic ring is 1. The molecule has 3 N–H and O–H groups in total. The number of methoxy groups -OCH3 is 2. The minimum absolute atomic E-state index is 0.371. The molecule has 0 saturated heterocycles. The van der Waals surface area contributed by atoms with E-state index >= 15 is 0 Å². The molecule has 6 nitrogen and oxygen atoms in total. The maximum atomic E-state index is 6.08. The Kier molecular flexibility index (Phi) is 3.91. The maximum absolute atomic E-state index is 6.08. The number of nitrogens with two attached hydrogens (primary N) is 1. The zero-order valence-corrected chi connectivity index (χ0v) is 11.2. The Morgan fingerprint density at radius 3 is 2.47 bits per heavy atom. The van der Waals surface area contributed by atoms with Crippen LogP contribution >= 0.6 is 11.6 Å². The largest absolute Gasteiger partial charge is 0.495 e. The molecule has 0 bridgehead atoms. The molecule has 0 radical (unpaired) electrons. The summed E-state index contributed by atoms with van der Waals surface area (Å²) in [5.41, 5.74) is 6.25. The number of ether oxygens (including phenoxy) is 2. The summed E-state index contributed by atoms with van der Waals surface area (Å²) in [7, 11) is 3.10. The van der Waals surface area contributed by atoms with Crippen LogP contribution in [0.15, 0.2) is 24.5 Å². The third-order valence-corrected chi connectivity index (χ3v) is 2.72. The van der Waals surface area contributed by atoms with Crippen molar-refractivity contribution in [1.29, 1.82) is 0 Å². The number of hydrogen-bond donors (Lipinski definition) is 2. The molecule has 0 aliphatic rings. The SMILES string of the molecule is COc1cc(OC)c(Nc2cc(N)ncn2)cc1Cl. The van der Waals surface area contributed by atoms with E-state index in [2.05, 4.69) is 15.3 Å². The first-order valence-corrected chi connectivity index (χ1v) is 5.78. The molecule has 0 saturated carbocycles. The van der Waals surface area contributed by atoms with Crippen molar-refractivity contribution in [3.05, 3.63) is 29.5 Å². The van der Waals surface area contributed by atoms with Gasteiger partial charge < -0.3 is 20.5 Å². The molecule has 0 fully saturated rings. The Hall–Kier alpha value is -2.21. The molecular weight excluding hydrogens is 268 g/mol. The van der Waals surface area contributed by atoms with Crippen molar-refractivity contribution in [3.8, 4) is 11.5 Å². The van der Waals surface area contributed by atoms with E-state index in [1.165, 1.54) is 6.33 Å². The van der Waals surface area contributed by atoms with Crippen LogP contribution in [0.2, 0.25) is 5.02 Å². The zero-order chi connectivity index (χ0) is 13.8. The molecule has 19 heavy (non-hydrogen) atoms. The molecule has 1 aromatic carbocycles. The highest BCUT2D eigenvalue weighted by atomic mass is 35.5. The molecule has 1 aromatic heterocycles. The number of anilines is 3. The van der Waals surface area contributed by atoms with Crippen LogP contribution in [0.3, 0.4) is 0 Å². The summed E-state index contributed by atoms with van der Waals surface area (Å²) < 4.78 is 10.4. The Morgan fingerprint density at radius 2 is 1.84 bits per heavy atom. The van der Waals surface area contributed by atoms with E-state index in [1.807, 2.05) is 0 Å². The molecule has 0 aliphatic heterocycles. The van der Waals surface area contributed by atoms with Crippen molar-refractivity contribution < 1.29 is 9.47 Å². The van der Waals surface area contributed by atoms with Crippen LogP contribution in [-0.4, -0.2) is 24.2 Å². The summed E-state index contributed by atoms with van der Waals surface area (Å²) >= 11 is 6.08. The van der Waals surface area contributed by atoms with E-state index in [4.69, 9.17) is 26.8 Å². The Bertz CT molecular complexity index is 592. The van der Waals surface area contributed by atoms with Crippen LogP contribution in [0.1, 0.15) is 0 Å². The summed E-state index contributed by atoms with van der Waals surface area (Å²) in [5.74, 6) is 2.04. The third-order valence-electron chi connectivity index (χ3n) is 2.42. The van der Waals surface area contributed by atoms with Crippen molar-refractivity contribution in [3.63, 3.8) is 0 Å². The standard InChI is InChI=1S/C12H13ClN4O2/c1-18-9-4-10(19-2)8(3-7(9)13)17-12-5-11(14)15-6-16-12/h3-6H,1-2H3,(H3,14,15,16,17). The van der Waals surface area contributed by atoms with Gasteiger partial charge in [-0.3, -0.25) is 0 Å². The number of aromatic nitrogens is 2. The van der Waals surface area contributed by atoms with Gasteiger partial charge in [-0.15, -0.1) is 0 Å². The molecule has 0 amide bonds. The number of halogens is 1.